The molecule has 0 unspecified atom stereocenters. The van der Waals surface area contributed by atoms with Crippen molar-refractivity contribution in [3.05, 3.63) is 75.7 Å². The van der Waals surface area contributed by atoms with Crippen LogP contribution in [0.4, 0.5) is 0 Å². The van der Waals surface area contributed by atoms with E-state index in [0.29, 0.717) is 15.0 Å². The molecule has 2 aromatic rings. The molecule has 0 bridgehead atoms. The first-order valence-electron chi connectivity index (χ1n) is 5.47. The molecule has 0 atom stereocenters. The summed E-state index contributed by atoms with van der Waals surface area (Å²) in [5.41, 5.74) is 1.35. The van der Waals surface area contributed by atoms with E-state index in [1.807, 2.05) is 0 Å². The van der Waals surface area contributed by atoms with Gasteiger partial charge in [-0.1, -0.05) is 0 Å². The molecule has 0 aliphatic heterocycles. The van der Waals surface area contributed by atoms with Crippen molar-refractivity contribution < 1.29 is 0 Å². The minimum atomic E-state index is 0.385. The van der Waals surface area contributed by atoms with Crippen molar-refractivity contribution in [2.24, 2.45) is 0 Å². The fourth-order valence-corrected chi connectivity index (χ4v) is 4.03. The van der Waals surface area contributed by atoms with Gasteiger partial charge < -0.3 is 0 Å². The molecule has 0 aliphatic carbocycles. The Morgan fingerprint density at radius 3 is 2.18 bits per heavy atom. The Hall–Kier alpha value is -0.821. The normalized spacial score (nSPS) is 11.5. The average molecular weight is 352 g/mol. The Labute approximate surface area is 117 Å². The summed E-state index contributed by atoms with van der Waals surface area (Å²) in [7, 11) is 0. The summed E-state index contributed by atoms with van der Waals surface area (Å²) in [6, 6.07) is 21.1. The summed E-state index contributed by atoms with van der Waals surface area (Å²) >= 11 is 4.05. The van der Waals surface area contributed by atoms with Crippen LogP contribution in [0.2, 0.25) is 0 Å². The summed E-state index contributed by atoms with van der Waals surface area (Å²) < 4.78 is 2.70. The fourth-order valence-electron chi connectivity index (χ4n) is 1.45. The van der Waals surface area contributed by atoms with Gasteiger partial charge in [0.15, 0.2) is 0 Å². The Morgan fingerprint density at radius 2 is 1.53 bits per heavy atom. The zero-order valence-corrected chi connectivity index (χ0v) is 12.6. The third-order valence-electron chi connectivity index (χ3n) is 2.30. The Morgan fingerprint density at radius 1 is 0.941 bits per heavy atom. The van der Waals surface area contributed by atoms with E-state index in [9.17, 15) is 0 Å². The van der Waals surface area contributed by atoms with E-state index in [2.05, 4.69) is 82.7 Å². The first-order chi connectivity index (χ1) is 8.34. The van der Waals surface area contributed by atoms with E-state index >= 15 is 0 Å². The molecule has 0 spiro atoms. The van der Waals surface area contributed by atoms with Crippen LogP contribution in [0.1, 0.15) is 5.56 Å². The van der Waals surface area contributed by atoms with Crippen LogP contribution < -0.4 is 4.46 Å². The minimum absolute atomic E-state index is 0.385. The van der Waals surface area contributed by atoms with E-state index in [1.165, 1.54) is 13.4 Å². The molecule has 17 heavy (non-hydrogen) atoms. The molecule has 2 heteroatoms. The monoisotopic (exact) mass is 352 g/mol. The van der Waals surface area contributed by atoms with Crippen molar-refractivity contribution in [2.75, 3.05) is 0 Å². The van der Waals surface area contributed by atoms with Gasteiger partial charge in [0, 0.05) is 0 Å². The number of hydrogen-bond donors (Lipinski definition) is 0. The van der Waals surface area contributed by atoms with Crippen molar-refractivity contribution in [2.45, 2.75) is 6.42 Å². The van der Waals surface area contributed by atoms with Crippen LogP contribution >= 0.6 is 15.9 Å². The third-order valence-corrected chi connectivity index (χ3v) is 5.29. The first-order valence-corrected chi connectivity index (χ1v) is 7.98. The van der Waals surface area contributed by atoms with E-state index in [-0.39, 0.29) is 0 Å². The molecule has 0 saturated heterocycles. The van der Waals surface area contributed by atoms with Crippen LogP contribution in [0.25, 0.3) is 0 Å². The van der Waals surface area contributed by atoms with Crippen LogP contribution in [-0.4, -0.2) is 15.0 Å². The van der Waals surface area contributed by atoms with Crippen LogP contribution in [0, 0.1) is 0 Å². The SMILES string of the molecule is Br/C(=C\Cc1ccccc1)[Se]c1ccccc1. The summed E-state index contributed by atoms with van der Waals surface area (Å²) in [5.74, 6) is 0. The second kappa shape index (κ2) is 6.80. The first kappa shape index (κ1) is 12.6. The van der Waals surface area contributed by atoms with Crippen molar-refractivity contribution in [1.29, 1.82) is 0 Å². The molecule has 0 saturated carbocycles. The van der Waals surface area contributed by atoms with Crippen molar-refractivity contribution in [3.63, 3.8) is 0 Å². The maximum atomic E-state index is 3.66. The second-order valence-corrected chi connectivity index (χ2v) is 7.99. The molecule has 2 aromatic carbocycles. The molecule has 2 rings (SSSR count). The van der Waals surface area contributed by atoms with Gasteiger partial charge >= 0.3 is 117 Å². The zero-order chi connectivity index (χ0) is 11.9. The second-order valence-electron chi connectivity index (χ2n) is 3.61. The van der Waals surface area contributed by atoms with Crippen molar-refractivity contribution in [3.8, 4) is 0 Å². The van der Waals surface area contributed by atoms with Gasteiger partial charge in [-0.25, -0.2) is 0 Å². The number of halogens is 1. The molecular weight excluding hydrogens is 339 g/mol. The summed E-state index contributed by atoms with van der Waals surface area (Å²) in [6.07, 6.45) is 3.26. The standard InChI is InChI=1S/C15H13BrSe/c16-15(17-14-9-5-2-6-10-14)12-11-13-7-3-1-4-8-13/h1-10,12H,11H2/b15-12+. The van der Waals surface area contributed by atoms with Gasteiger partial charge in [-0.15, -0.1) is 0 Å². The Balaban J connectivity index is 1.94. The molecule has 0 radical (unpaired) electrons. The third kappa shape index (κ3) is 4.51. The van der Waals surface area contributed by atoms with Gasteiger partial charge in [-0.05, 0) is 0 Å². The van der Waals surface area contributed by atoms with E-state index in [1.54, 1.807) is 0 Å². The topological polar surface area (TPSA) is 0 Å². The van der Waals surface area contributed by atoms with Gasteiger partial charge in [-0.3, -0.25) is 0 Å². The summed E-state index contributed by atoms with van der Waals surface area (Å²) in [5, 5.41) is 0. The quantitative estimate of drug-likeness (QED) is 0.739. The molecule has 0 N–H and O–H groups in total. The maximum absolute atomic E-state index is 3.66. The van der Waals surface area contributed by atoms with Gasteiger partial charge in [0.1, 0.15) is 0 Å². The molecule has 0 heterocycles. The number of benzene rings is 2. The van der Waals surface area contributed by atoms with Crippen LogP contribution in [0.3, 0.4) is 0 Å². The molecule has 0 nitrogen and oxygen atoms in total. The van der Waals surface area contributed by atoms with Crippen LogP contribution in [0.15, 0.2) is 70.1 Å². The van der Waals surface area contributed by atoms with Gasteiger partial charge in [0.25, 0.3) is 0 Å². The molecule has 86 valence electrons. The number of allylic oxidation sites excluding steroid dienone is 1. The molecule has 0 amide bonds. The van der Waals surface area contributed by atoms with Crippen molar-refractivity contribution in [1.82, 2.24) is 0 Å². The summed E-state index contributed by atoms with van der Waals surface area (Å²) in [4.78, 5) is 0. The van der Waals surface area contributed by atoms with Gasteiger partial charge in [0.2, 0.25) is 0 Å². The molecular formula is C15H13BrSe. The molecule has 0 aromatic heterocycles. The van der Waals surface area contributed by atoms with Crippen LogP contribution in [0.5, 0.6) is 0 Å². The van der Waals surface area contributed by atoms with Gasteiger partial charge in [-0.2, -0.15) is 0 Å². The van der Waals surface area contributed by atoms with E-state index in [4.69, 9.17) is 0 Å². The van der Waals surface area contributed by atoms with Crippen LogP contribution in [-0.2, 0) is 6.42 Å². The molecule has 0 aliphatic rings. The van der Waals surface area contributed by atoms with E-state index in [0.717, 1.165) is 6.42 Å². The zero-order valence-electron chi connectivity index (χ0n) is 9.34. The molecule has 0 fully saturated rings. The predicted octanol–water partition coefficient (Wildman–Crippen LogP) is 3.50. The van der Waals surface area contributed by atoms with Crippen molar-refractivity contribution >= 4 is 35.3 Å². The van der Waals surface area contributed by atoms with Gasteiger partial charge in [0.05, 0.1) is 0 Å². The predicted molar refractivity (Wildman–Crippen MR) is 79.0 cm³/mol. The number of hydrogen-bond acceptors (Lipinski definition) is 0. The Bertz CT molecular complexity index is 477. The summed E-state index contributed by atoms with van der Waals surface area (Å²) in [6.45, 7) is 0. The Kier molecular flexibility index (Phi) is 5.06. The fraction of sp³-hybridized carbons (Fsp3) is 0.0667. The number of rotatable bonds is 4. The van der Waals surface area contributed by atoms with E-state index < -0.39 is 0 Å². The average Bonchev–Trinajstić information content (AvgIpc) is 2.39.